The van der Waals surface area contributed by atoms with Gasteiger partial charge in [0, 0.05) is 11.9 Å². The van der Waals surface area contributed by atoms with E-state index in [1.807, 2.05) is 7.05 Å². The Balaban J connectivity index is 2.05. The van der Waals surface area contributed by atoms with E-state index in [1.54, 1.807) is 11.3 Å². The van der Waals surface area contributed by atoms with Crippen molar-refractivity contribution in [3.63, 3.8) is 0 Å². The summed E-state index contributed by atoms with van der Waals surface area (Å²) in [6.07, 6.45) is 3.89. The third-order valence-electron chi connectivity index (χ3n) is 3.04. The predicted molar refractivity (Wildman–Crippen MR) is 70.0 cm³/mol. The molecule has 1 aliphatic carbocycles. The third-order valence-corrected chi connectivity index (χ3v) is 3.98. The fourth-order valence-electron chi connectivity index (χ4n) is 1.86. The Hall–Kier alpha value is -1.36. The van der Waals surface area contributed by atoms with Crippen LogP contribution in [0.2, 0.25) is 0 Å². The molecule has 2 aromatic rings. The lowest BCUT2D eigenvalue weighted by Crippen LogP contribution is -2.25. The molecule has 1 fully saturated rings. The van der Waals surface area contributed by atoms with Gasteiger partial charge in [0.25, 0.3) is 0 Å². The van der Waals surface area contributed by atoms with Crippen LogP contribution in [-0.4, -0.2) is 23.1 Å². The average molecular weight is 249 g/mol. The quantitative estimate of drug-likeness (QED) is 0.908. The molecule has 0 unspecified atom stereocenters. The van der Waals surface area contributed by atoms with Gasteiger partial charge in [-0.1, -0.05) is 0 Å². The van der Waals surface area contributed by atoms with Gasteiger partial charge in [-0.15, -0.1) is 11.3 Å². The summed E-state index contributed by atoms with van der Waals surface area (Å²) in [4.78, 5) is 11.1. The van der Waals surface area contributed by atoms with Crippen molar-refractivity contribution in [2.24, 2.45) is 0 Å². The number of hydrogen-bond donors (Lipinski definition) is 1. The number of fused-ring (bicyclic) bond motifs is 1. The molecular formula is C12H15N3OS. The summed E-state index contributed by atoms with van der Waals surface area (Å²) < 4.78 is 5.93. The summed E-state index contributed by atoms with van der Waals surface area (Å²) in [7, 11) is 1.83. The Morgan fingerprint density at radius 3 is 2.88 bits per heavy atom. The van der Waals surface area contributed by atoms with Gasteiger partial charge in [-0.05, 0) is 32.3 Å². The molecule has 0 aromatic carbocycles. The monoisotopic (exact) mass is 249 g/mol. The molecule has 0 saturated heterocycles. The zero-order chi connectivity index (χ0) is 11.8. The largest absolute Gasteiger partial charge is 0.474 e. The van der Waals surface area contributed by atoms with Gasteiger partial charge in [0.05, 0.1) is 5.39 Å². The normalized spacial score (nSPS) is 15.9. The summed E-state index contributed by atoms with van der Waals surface area (Å²) in [5, 5.41) is 4.02. The van der Waals surface area contributed by atoms with Crippen LogP contribution in [0.25, 0.3) is 10.2 Å². The van der Waals surface area contributed by atoms with Crippen molar-refractivity contribution >= 4 is 27.5 Å². The van der Waals surface area contributed by atoms with Crippen LogP contribution in [0, 0.1) is 6.92 Å². The van der Waals surface area contributed by atoms with Gasteiger partial charge in [0.15, 0.2) is 0 Å². The van der Waals surface area contributed by atoms with E-state index in [9.17, 15) is 0 Å². The Bertz CT molecular complexity index is 548. The number of rotatable bonds is 3. The Morgan fingerprint density at radius 2 is 2.24 bits per heavy atom. The number of ether oxygens (including phenoxy) is 1. The van der Waals surface area contributed by atoms with E-state index in [2.05, 4.69) is 28.3 Å². The second-order valence-electron chi connectivity index (χ2n) is 4.35. The van der Waals surface area contributed by atoms with Crippen LogP contribution in [0.15, 0.2) is 6.07 Å². The lowest BCUT2D eigenvalue weighted by Gasteiger charge is -2.26. The first-order valence-corrected chi connectivity index (χ1v) is 6.70. The standard InChI is InChI=1S/C12H15N3OS/c1-7-6-9-10(16-8-4-3-5-8)14-12(13-2)15-11(9)17-7/h6,8H,3-5H2,1-2H3,(H,13,14,15). The van der Waals surface area contributed by atoms with Gasteiger partial charge < -0.3 is 10.1 Å². The van der Waals surface area contributed by atoms with Crippen molar-refractivity contribution in [3.8, 4) is 5.88 Å². The molecule has 1 aliphatic rings. The zero-order valence-corrected chi connectivity index (χ0v) is 10.8. The van der Waals surface area contributed by atoms with Crippen molar-refractivity contribution in [2.75, 3.05) is 12.4 Å². The van der Waals surface area contributed by atoms with Crippen LogP contribution < -0.4 is 10.1 Å². The maximum absolute atomic E-state index is 5.93. The molecule has 0 aliphatic heterocycles. The van der Waals surface area contributed by atoms with Gasteiger partial charge in [0.1, 0.15) is 10.9 Å². The minimum atomic E-state index is 0.345. The SMILES string of the molecule is CNc1nc(OC2CCC2)c2cc(C)sc2n1. The summed E-state index contributed by atoms with van der Waals surface area (Å²) in [5.41, 5.74) is 0. The number of hydrogen-bond acceptors (Lipinski definition) is 5. The minimum absolute atomic E-state index is 0.345. The lowest BCUT2D eigenvalue weighted by molar-refractivity contribution is 0.117. The molecule has 0 amide bonds. The van der Waals surface area contributed by atoms with Gasteiger partial charge in [0.2, 0.25) is 11.8 Å². The lowest BCUT2D eigenvalue weighted by atomic mass is 9.96. The maximum atomic E-state index is 5.93. The Morgan fingerprint density at radius 1 is 1.41 bits per heavy atom. The summed E-state index contributed by atoms with van der Waals surface area (Å²) in [6, 6.07) is 2.10. The van der Waals surface area contributed by atoms with Gasteiger partial charge in [-0.25, -0.2) is 4.98 Å². The van der Waals surface area contributed by atoms with Crippen LogP contribution in [-0.2, 0) is 0 Å². The predicted octanol–water partition coefficient (Wildman–Crippen LogP) is 2.97. The highest BCUT2D eigenvalue weighted by atomic mass is 32.1. The molecule has 1 saturated carbocycles. The summed E-state index contributed by atoms with van der Waals surface area (Å²) in [6.45, 7) is 2.08. The molecule has 0 spiro atoms. The maximum Gasteiger partial charge on any atom is 0.227 e. The highest BCUT2D eigenvalue weighted by Gasteiger charge is 2.22. The molecule has 0 radical (unpaired) electrons. The van der Waals surface area contributed by atoms with E-state index in [1.165, 1.54) is 11.3 Å². The van der Waals surface area contributed by atoms with Gasteiger partial charge in [-0.3, -0.25) is 0 Å². The highest BCUT2D eigenvalue weighted by molar-refractivity contribution is 7.18. The topological polar surface area (TPSA) is 47.0 Å². The first kappa shape index (κ1) is 10.8. The first-order valence-electron chi connectivity index (χ1n) is 5.89. The van der Waals surface area contributed by atoms with Crippen LogP contribution >= 0.6 is 11.3 Å². The van der Waals surface area contributed by atoms with E-state index in [4.69, 9.17) is 4.74 Å². The van der Waals surface area contributed by atoms with E-state index in [-0.39, 0.29) is 0 Å². The van der Waals surface area contributed by atoms with Crippen molar-refractivity contribution in [1.29, 1.82) is 0 Å². The van der Waals surface area contributed by atoms with Crippen molar-refractivity contribution in [1.82, 2.24) is 9.97 Å². The second-order valence-corrected chi connectivity index (χ2v) is 5.58. The van der Waals surface area contributed by atoms with Crippen LogP contribution in [0.3, 0.4) is 0 Å². The minimum Gasteiger partial charge on any atom is -0.474 e. The van der Waals surface area contributed by atoms with E-state index in [0.29, 0.717) is 12.1 Å². The molecule has 5 heteroatoms. The first-order chi connectivity index (χ1) is 8.26. The van der Waals surface area contributed by atoms with E-state index in [0.717, 1.165) is 28.9 Å². The highest BCUT2D eigenvalue weighted by Crippen LogP contribution is 2.33. The Kier molecular flexibility index (Phi) is 2.63. The van der Waals surface area contributed by atoms with Crippen molar-refractivity contribution < 1.29 is 4.74 Å². The molecule has 90 valence electrons. The van der Waals surface area contributed by atoms with Gasteiger partial charge >= 0.3 is 0 Å². The number of anilines is 1. The van der Waals surface area contributed by atoms with Crippen LogP contribution in [0.1, 0.15) is 24.1 Å². The molecule has 1 N–H and O–H groups in total. The molecule has 4 nitrogen and oxygen atoms in total. The van der Waals surface area contributed by atoms with Crippen molar-refractivity contribution in [3.05, 3.63) is 10.9 Å². The Labute approximate surface area is 104 Å². The van der Waals surface area contributed by atoms with Gasteiger partial charge in [-0.2, -0.15) is 4.98 Å². The zero-order valence-electron chi connectivity index (χ0n) is 9.99. The van der Waals surface area contributed by atoms with E-state index >= 15 is 0 Å². The molecule has 0 bridgehead atoms. The second kappa shape index (κ2) is 4.14. The number of thiophene rings is 1. The van der Waals surface area contributed by atoms with E-state index < -0.39 is 0 Å². The smallest absolute Gasteiger partial charge is 0.227 e. The van der Waals surface area contributed by atoms with Crippen molar-refractivity contribution in [2.45, 2.75) is 32.3 Å². The number of aromatic nitrogens is 2. The van der Waals surface area contributed by atoms with Crippen LogP contribution in [0.4, 0.5) is 5.95 Å². The van der Waals surface area contributed by atoms with Crippen LogP contribution in [0.5, 0.6) is 5.88 Å². The summed E-state index contributed by atoms with van der Waals surface area (Å²) >= 11 is 1.68. The molecular weight excluding hydrogens is 234 g/mol. The average Bonchev–Trinajstić information content (AvgIpc) is 2.63. The number of aryl methyl sites for hydroxylation is 1. The molecule has 0 atom stereocenters. The molecule has 2 heterocycles. The molecule has 2 aromatic heterocycles. The fourth-order valence-corrected chi connectivity index (χ4v) is 2.73. The third kappa shape index (κ3) is 1.95. The fraction of sp³-hybridized carbons (Fsp3) is 0.500. The number of nitrogens with one attached hydrogen (secondary N) is 1. The molecule has 17 heavy (non-hydrogen) atoms. The molecule has 3 rings (SSSR count). The summed E-state index contributed by atoms with van der Waals surface area (Å²) in [5.74, 6) is 1.36. The number of nitrogens with zero attached hydrogens (tertiary/aromatic N) is 2.